The first-order valence-electron chi connectivity index (χ1n) is 8.31. The van der Waals surface area contributed by atoms with Crippen LogP contribution in [0.5, 0.6) is 0 Å². The average molecular weight is 373 g/mol. The number of hydrogen-bond acceptors (Lipinski definition) is 4. The molecular formula is C17H22F3N3O3. The minimum atomic E-state index is -4.70. The molecule has 1 aliphatic rings. The van der Waals surface area contributed by atoms with Gasteiger partial charge in [0.1, 0.15) is 0 Å². The van der Waals surface area contributed by atoms with Crippen LogP contribution in [0.3, 0.4) is 0 Å². The van der Waals surface area contributed by atoms with Crippen LogP contribution < -0.4 is 4.90 Å². The summed E-state index contributed by atoms with van der Waals surface area (Å²) in [4.78, 5) is 25.6. The third kappa shape index (κ3) is 4.44. The number of carbonyl (C=O) groups is 1. The maximum absolute atomic E-state index is 13.4. The summed E-state index contributed by atoms with van der Waals surface area (Å²) in [6, 6.07) is 2.79. The molecule has 0 N–H and O–H groups in total. The first-order chi connectivity index (χ1) is 11.9. The molecule has 1 saturated heterocycles. The van der Waals surface area contributed by atoms with Crippen molar-refractivity contribution in [3.8, 4) is 0 Å². The summed E-state index contributed by atoms with van der Waals surface area (Å²) in [6.07, 6.45) is -4.18. The molecule has 144 valence electrons. The molecule has 1 fully saturated rings. The highest BCUT2D eigenvalue weighted by Crippen LogP contribution is 2.39. The molecule has 0 unspecified atom stereocenters. The zero-order valence-corrected chi connectivity index (χ0v) is 15.0. The molecule has 0 spiro atoms. The van der Waals surface area contributed by atoms with E-state index in [1.807, 2.05) is 0 Å². The van der Waals surface area contributed by atoms with E-state index in [1.54, 1.807) is 30.6 Å². The van der Waals surface area contributed by atoms with Gasteiger partial charge in [-0.25, -0.2) is 0 Å². The minimum Gasteiger partial charge on any atom is -0.369 e. The number of benzene rings is 1. The number of rotatable bonds is 2. The molecule has 0 saturated carbocycles. The number of amides is 1. The summed E-state index contributed by atoms with van der Waals surface area (Å²) in [7, 11) is 0. The number of halogens is 3. The maximum Gasteiger partial charge on any atom is 0.418 e. The van der Waals surface area contributed by atoms with Gasteiger partial charge in [0.15, 0.2) is 0 Å². The zero-order chi connectivity index (χ0) is 19.7. The summed E-state index contributed by atoms with van der Waals surface area (Å²) in [5.74, 6) is -0.0425. The topological polar surface area (TPSA) is 66.7 Å². The van der Waals surface area contributed by atoms with E-state index in [0.717, 1.165) is 12.1 Å². The van der Waals surface area contributed by atoms with Crippen LogP contribution in [-0.4, -0.2) is 41.9 Å². The van der Waals surface area contributed by atoms with Crippen LogP contribution in [-0.2, 0) is 11.0 Å². The molecule has 0 atom stereocenters. The van der Waals surface area contributed by atoms with E-state index >= 15 is 0 Å². The Morgan fingerprint density at radius 3 is 2.31 bits per heavy atom. The molecular weight excluding hydrogens is 351 g/mol. The van der Waals surface area contributed by atoms with Crippen LogP contribution in [0.2, 0.25) is 0 Å². The highest BCUT2D eigenvalue weighted by atomic mass is 19.4. The zero-order valence-electron chi connectivity index (χ0n) is 15.0. The molecule has 6 nitrogen and oxygen atoms in total. The van der Waals surface area contributed by atoms with Crippen molar-refractivity contribution in [1.82, 2.24) is 4.90 Å². The normalized spacial score (nSPS) is 16.4. The maximum atomic E-state index is 13.4. The number of nitro benzene ring substituents is 1. The Morgan fingerprint density at radius 1 is 1.12 bits per heavy atom. The lowest BCUT2D eigenvalue weighted by Crippen LogP contribution is -2.41. The number of alkyl halides is 3. The number of non-ortho nitro benzene ring substituents is 1. The summed E-state index contributed by atoms with van der Waals surface area (Å²) in [6.45, 7) is 6.77. The molecule has 0 aliphatic carbocycles. The largest absolute Gasteiger partial charge is 0.418 e. The van der Waals surface area contributed by atoms with Gasteiger partial charge >= 0.3 is 6.18 Å². The van der Waals surface area contributed by atoms with Crippen LogP contribution >= 0.6 is 0 Å². The van der Waals surface area contributed by atoms with E-state index in [-0.39, 0.29) is 18.1 Å². The second-order valence-electron chi connectivity index (χ2n) is 7.34. The molecule has 0 aromatic heterocycles. The Labute approximate surface area is 149 Å². The smallest absolute Gasteiger partial charge is 0.369 e. The third-order valence-electron chi connectivity index (χ3n) is 4.26. The van der Waals surface area contributed by atoms with Gasteiger partial charge in [-0.05, 0) is 12.5 Å². The van der Waals surface area contributed by atoms with Crippen molar-refractivity contribution >= 4 is 17.3 Å². The van der Waals surface area contributed by atoms with E-state index in [9.17, 15) is 28.1 Å². The highest BCUT2D eigenvalue weighted by molar-refractivity contribution is 5.81. The lowest BCUT2D eigenvalue weighted by molar-refractivity contribution is -0.385. The van der Waals surface area contributed by atoms with Gasteiger partial charge in [0.25, 0.3) is 5.69 Å². The number of hydrogen-bond donors (Lipinski definition) is 0. The van der Waals surface area contributed by atoms with Crippen molar-refractivity contribution in [2.75, 3.05) is 31.1 Å². The monoisotopic (exact) mass is 373 g/mol. The van der Waals surface area contributed by atoms with Gasteiger partial charge in [0, 0.05) is 49.4 Å². The summed E-state index contributed by atoms with van der Waals surface area (Å²) >= 11 is 0. The summed E-state index contributed by atoms with van der Waals surface area (Å²) in [5, 5.41) is 10.8. The molecule has 1 amide bonds. The van der Waals surface area contributed by atoms with Crippen LogP contribution in [0.15, 0.2) is 18.2 Å². The molecule has 0 radical (unpaired) electrons. The van der Waals surface area contributed by atoms with Gasteiger partial charge in [-0.1, -0.05) is 20.8 Å². The predicted molar refractivity (Wildman–Crippen MR) is 91.0 cm³/mol. The number of nitro groups is 1. The lowest BCUT2D eigenvalue weighted by Gasteiger charge is -2.29. The van der Waals surface area contributed by atoms with Gasteiger partial charge in [-0.2, -0.15) is 13.2 Å². The van der Waals surface area contributed by atoms with Crippen molar-refractivity contribution in [2.45, 2.75) is 33.4 Å². The van der Waals surface area contributed by atoms with Crippen molar-refractivity contribution in [1.29, 1.82) is 0 Å². The summed E-state index contributed by atoms with van der Waals surface area (Å²) < 4.78 is 40.2. The van der Waals surface area contributed by atoms with E-state index in [4.69, 9.17) is 0 Å². The van der Waals surface area contributed by atoms with Gasteiger partial charge in [-0.15, -0.1) is 0 Å². The highest BCUT2D eigenvalue weighted by Gasteiger charge is 2.37. The molecule has 26 heavy (non-hydrogen) atoms. The van der Waals surface area contributed by atoms with E-state index in [1.165, 1.54) is 0 Å². The Bertz CT molecular complexity index is 699. The Balaban J connectivity index is 2.29. The van der Waals surface area contributed by atoms with Crippen molar-refractivity contribution in [3.05, 3.63) is 33.9 Å². The summed E-state index contributed by atoms with van der Waals surface area (Å²) in [5.41, 5.74) is -2.27. The fourth-order valence-corrected chi connectivity index (χ4v) is 2.98. The van der Waals surface area contributed by atoms with E-state index in [0.29, 0.717) is 32.1 Å². The fraction of sp³-hybridized carbons (Fsp3) is 0.588. The van der Waals surface area contributed by atoms with Crippen LogP contribution in [0.1, 0.15) is 32.8 Å². The second-order valence-corrected chi connectivity index (χ2v) is 7.34. The van der Waals surface area contributed by atoms with Crippen molar-refractivity contribution in [2.24, 2.45) is 5.41 Å². The average Bonchev–Trinajstić information content (AvgIpc) is 2.77. The molecule has 2 rings (SSSR count). The number of nitrogens with zero attached hydrogens (tertiary/aromatic N) is 3. The first kappa shape index (κ1) is 20.0. The molecule has 9 heteroatoms. The standard InChI is InChI=1S/C17H22F3N3O3/c1-16(2,3)15(24)22-8-4-7-21(9-10-22)14-6-5-12(23(25)26)11-13(14)17(18,19)20/h5-6,11H,4,7-10H2,1-3H3. The Kier molecular flexibility index (Phi) is 5.48. The van der Waals surface area contributed by atoms with Crippen molar-refractivity contribution < 1.29 is 22.9 Å². The third-order valence-corrected chi connectivity index (χ3v) is 4.26. The Morgan fingerprint density at radius 2 is 1.77 bits per heavy atom. The molecule has 1 aliphatic heterocycles. The van der Waals surface area contributed by atoms with Gasteiger partial charge in [0.05, 0.1) is 10.5 Å². The first-order valence-corrected chi connectivity index (χ1v) is 8.31. The van der Waals surface area contributed by atoms with Crippen LogP contribution in [0.4, 0.5) is 24.5 Å². The van der Waals surface area contributed by atoms with Crippen molar-refractivity contribution in [3.63, 3.8) is 0 Å². The van der Waals surface area contributed by atoms with Gasteiger partial charge in [0.2, 0.25) is 5.91 Å². The Hall–Kier alpha value is -2.32. The van der Waals surface area contributed by atoms with Crippen LogP contribution in [0.25, 0.3) is 0 Å². The second kappa shape index (κ2) is 7.13. The minimum absolute atomic E-state index is 0.0425. The number of anilines is 1. The quantitative estimate of drug-likeness (QED) is 0.586. The molecule has 1 heterocycles. The van der Waals surface area contributed by atoms with Crippen LogP contribution in [0, 0.1) is 15.5 Å². The van der Waals surface area contributed by atoms with Gasteiger partial charge in [-0.3, -0.25) is 14.9 Å². The molecule has 1 aromatic rings. The SMILES string of the molecule is CC(C)(C)C(=O)N1CCCN(c2ccc([N+](=O)[O-])cc2C(F)(F)F)CC1. The molecule has 0 bridgehead atoms. The lowest BCUT2D eigenvalue weighted by atomic mass is 9.94. The predicted octanol–water partition coefficient (Wildman–Crippen LogP) is 3.70. The van der Waals surface area contributed by atoms with Gasteiger partial charge < -0.3 is 9.80 Å². The fourth-order valence-electron chi connectivity index (χ4n) is 2.98. The number of carbonyl (C=O) groups excluding carboxylic acids is 1. The molecule has 1 aromatic carbocycles. The van der Waals surface area contributed by atoms with E-state index in [2.05, 4.69) is 0 Å². The van der Waals surface area contributed by atoms with E-state index < -0.39 is 27.8 Å².